The lowest BCUT2D eigenvalue weighted by Crippen LogP contribution is -2.56. The monoisotopic (exact) mass is 248 g/mol. The van der Waals surface area contributed by atoms with E-state index in [0.29, 0.717) is 18.1 Å². The molecule has 0 spiro atoms. The maximum absolute atomic E-state index is 5.80. The molecule has 3 atom stereocenters. The lowest BCUT2D eigenvalue weighted by atomic mass is 10.0. The van der Waals surface area contributed by atoms with E-state index in [1.807, 2.05) is 6.92 Å². The third kappa shape index (κ3) is 2.34. The molecule has 18 heavy (non-hydrogen) atoms. The van der Waals surface area contributed by atoms with E-state index in [9.17, 15) is 0 Å². The van der Waals surface area contributed by atoms with Crippen LogP contribution in [0.4, 0.5) is 0 Å². The number of nitrogens with zero attached hydrogens (tertiary/aromatic N) is 1. The quantitative estimate of drug-likeness (QED) is 0.891. The number of nitrogens with one attached hydrogen (secondary N) is 1. The third-order valence-electron chi connectivity index (χ3n) is 4.51. The SMILES string of the molecule is Cc1ccc(C(C)N2CC(C3CC3)NCC2C)o1. The Morgan fingerprint density at radius 3 is 2.78 bits per heavy atom. The lowest BCUT2D eigenvalue weighted by Gasteiger charge is -2.41. The van der Waals surface area contributed by atoms with Crippen LogP contribution in [-0.4, -0.2) is 30.1 Å². The highest BCUT2D eigenvalue weighted by atomic mass is 16.3. The van der Waals surface area contributed by atoms with Gasteiger partial charge in [-0.2, -0.15) is 0 Å². The van der Waals surface area contributed by atoms with Crippen LogP contribution in [0.15, 0.2) is 16.5 Å². The largest absolute Gasteiger partial charge is 0.465 e. The van der Waals surface area contributed by atoms with Gasteiger partial charge in [-0.3, -0.25) is 4.90 Å². The zero-order valence-electron chi connectivity index (χ0n) is 11.6. The molecule has 1 saturated heterocycles. The molecule has 3 nitrogen and oxygen atoms in total. The first kappa shape index (κ1) is 12.2. The first-order valence-electron chi connectivity index (χ1n) is 7.20. The number of hydrogen-bond acceptors (Lipinski definition) is 3. The van der Waals surface area contributed by atoms with Crippen LogP contribution < -0.4 is 5.32 Å². The molecule has 0 amide bonds. The topological polar surface area (TPSA) is 28.4 Å². The third-order valence-corrected chi connectivity index (χ3v) is 4.51. The molecule has 100 valence electrons. The first-order valence-corrected chi connectivity index (χ1v) is 7.20. The summed E-state index contributed by atoms with van der Waals surface area (Å²) in [6.07, 6.45) is 2.82. The van der Waals surface area contributed by atoms with Crippen LogP contribution in [-0.2, 0) is 0 Å². The Bertz CT molecular complexity index is 410. The van der Waals surface area contributed by atoms with Crippen LogP contribution in [0.3, 0.4) is 0 Å². The first-order chi connectivity index (χ1) is 8.65. The predicted octanol–water partition coefficient (Wildman–Crippen LogP) is 2.72. The van der Waals surface area contributed by atoms with Gasteiger partial charge in [0.2, 0.25) is 0 Å². The molecule has 3 unspecified atom stereocenters. The Kier molecular flexibility index (Phi) is 3.20. The summed E-state index contributed by atoms with van der Waals surface area (Å²) in [7, 11) is 0. The highest BCUT2D eigenvalue weighted by molar-refractivity contribution is 5.10. The molecule has 2 aliphatic rings. The van der Waals surface area contributed by atoms with E-state index in [2.05, 4.69) is 36.2 Å². The fourth-order valence-corrected chi connectivity index (χ4v) is 3.11. The van der Waals surface area contributed by atoms with Gasteiger partial charge in [-0.25, -0.2) is 0 Å². The fraction of sp³-hybridized carbons (Fsp3) is 0.733. The van der Waals surface area contributed by atoms with Crippen LogP contribution in [0.2, 0.25) is 0 Å². The van der Waals surface area contributed by atoms with Crippen LogP contribution in [0.5, 0.6) is 0 Å². The van der Waals surface area contributed by atoms with Crippen molar-refractivity contribution in [3.63, 3.8) is 0 Å². The van der Waals surface area contributed by atoms with Gasteiger partial charge in [0, 0.05) is 25.2 Å². The normalized spacial score (nSPS) is 31.5. The van der Waals surface area contributed by atoms with Crippen molar-refractivity contribution in [1.29, 1.82) is 0 Å². The maximum atomic E-state index is 5.80. The standard InChI is InChI=1S/C15H24N2O/c1-10-8-16-14(13-5-6-13)9-17(10)12(3)15-7-4-11(2)18-15/h4,7,10,12-14,16H,5-6,8-9H2,1-3H3. The van der Waals surface area contributed by atoms with Gasteiger partial charge in [0.15, 0.2) is 0 Å². The lowest BCUT2D eigenvalue weighted by molar-refractivity contribution is 0.0816. The molecule has 3 rings (SSSR count). The maximum Gasteiger partial charge on any atom is 0.121 e. The molecule has 1 aromatic rings. The number of aryl methyl sites for hydroxylation is 1. The molecule has 1 saturated carbocycles. The summed E-state index contributed by atoms with van der Waals surface area (Å²) in [5.41, 5.74) is 0. The Morgan fingerprint density at radius 1 is 1.39 bits per heavy atom. The Hall–Kier alpha value is -0.800. The Balaban J connectivity index is 1.72. The van der Waals surface area contributed by atoms with Crippen LogP contribution in [0.25, 0.3) is 0 Å². The minimum absolute atomic E-state index is 0.386. The van der Waals surface area contributed by atoms with Crippen LogP contribution in [0.1, 0.15) is 44.3 Å². The molecule has 1 aliphatic carbocycles. The van der Waals surface area contributed by atoms with Crippen molar-refractivity contribution >= 4 is 0 Å². The minimum atomic E-state index is 0.386. The predicted molar refractivity (Wildman–Crippen MR) is 72.5 cm³/mol. The van der Waals surface area contributed by atoms with E-state index in [1.165, 1.54) is 12.8 Å². The summed E-state index contributed by atoms with van der Waals surface area (Å²) < 4.78 is 5.80. The van der Waals surface area contributed by atoms with Gasteiger partial charge >= 0.3 is 0 Å². The van der Waals surface area contributed by atoms with Crippen molar-refractivity contribution in [2.24, 2.45) is 5.92 Å². The van der Waals surface area contributed by atoms with Crippen molar-refractivity contribution in [3.8, 4) is 0 Å². The van der Waals surface area contributed by atoms with E-state index in [4.69, 9.17) is 4.42 Å². The summed E-state index contributed by atoms with van der Waals surface area (Å²) >= 11 is 0. The second-order valence-corrected chi connectivity index (χ2v) is 6.02. The summed E-state index contributed by atoms with van der Waals surface area (Å²) in [5, 5.41) is 3.70. The molecule has 0 radical (unpaired) electrons. The van der Waals surface area contributed by atoms with E-state index in [-0.39, 0.29) is 0 Å². The molecule has 1 aliphatic heterocycles. The molecular weight excluding hydrogens is 224 g/mol. The summed E-state index contributed by atoms with van der Waals surface area (Å²) in [4.78, 5) is 2.60. The number of furan rings is 1. The van der Waals surface area contributed by atoms with Gasteiger partial charge in [-0.05, 0) is 51.7 Å². The zero-order chi connectivity index (χ0) is 12.7. The Morgan fingerprint density at radius 2 is 2.17 bits per heavy atom. The van der Waals surface area contributed by atoms with Crippen molar-refractivity contribution < 1.29 is 4.42 Å². The summed E-state index contributed by atoms with van der Waals surface area (Å²) in [6, 6.07) is 5.86. The molecular formula is C15H24N2O. The van der Waals surface area contributed by atoms with Crippen molar-refractivity contribution in [2.75, 3.05) is 13.1 Å². The van der Waals surface area contributed by atoms with E-state index in [0.717, 1.165) is 30.5 Å². The van der Waals surface area contributed by atoms with Gasteiger partial charge in [0.25, 0.3) is 0 Å². The van der Waals surface area contributed by atoms with Gasteiger partial charge in [-0.15, -0.1) is 0 Å². The van der Waals surface area contributed by atoms with Crippen LogP contribution >= 0.6 is 0 Å². The highest BCUT2D eigenvalue weighted by Gasteiger charge is 2.38. The van der Waals surface area contributed by atoms with Gasteiger partial charge < -0.3 is 9.73 Å². The number of hydrogen-bond donors (Lipinski definition) is 1. The summed E-state index contributed by atoms with van der Waals surface area (Å²) in [5.74, 6) is 3.04. The second kappa shape index (κ2) is 4.71. The van der Waals surface area contributed by atoms with E-state index >= 15 is 0 Å². The van der Waals surface area contributed by atoms with Gasteiger partial charge in [-0.1, -0.05) is 0 Å². The fourth-order valence-electron chi connectivity index (χ4n) is 3.11. The zero-order valence-corrected chi connectivity index (χ0v) is 11.6. The highest BCUT2D eigenvalue weighted by Crippen LogP contribution is 2.36. The van der Waals surface area contributed by atoms with Crippen LogP contribution in [0, 0.1) is 12.8 Å². The average Bonchev–Trinajstić information content (AvgIpc) is 3.11. The average molecular weight is 248 g/mol. The van der Waals surface area contributed by atoms with E-state index < -0.39 is 0 Å². The molecule has 2 fully saturated rings. The Labute approximate surface area is 110 Å². The number of rotatable bonds is 3. The van der Waals surface area contributed by atoms with Crippen molar-refractivity contribution in [3.05, 3.63) is 23.7 Å². The van der Waals surface area contributed by atoms with E-state index in [1.54, 1.807) is 0 Å². The smallest absolute Gasteiger partial charge is 0.121 e. The molecule has 0 bridgehead atoms. The number of piperazine rings is 1. The van der Waals surface area contributed by atoms with Gasteiger partial charge in [0.1, 0.15) is 11.5 Å². The summed E-state index contributed by atoms with van der Waals surface area (Å²) in [6.45, 7) is 8.86. The molecule has 2 heterocycles. The molecule has 0 aromatic carbocycles. The minimum Gasteiger partial charge on any atom is -0.465 e. The molecule has 3 heteroatoms. The molecule has 1 aromatic heterocycles. The second-order valence-electron chi connectivity index (χ2n) is 6.02. The van der Waals surface area contributed by atoms with Gasteiger partial charge in [0.05, 0.1) is 6.04 Å². The van der Waals surface area contributed by atoms with Crippen molar-refractivity contribution in [2.45, 2.75) is 51.7 Å². The molecule has 1 N–H and O–H groups in total. The van der Waals surface area contributed by atoms with Crippen molar-refractivity contribution in [1.82, 2.24) is 10.2 Å².